The summed E-state index contributed by atoms with van der Waals surface area (Å²) in [6.45, 7) is 5.21. The molecule has 138 valence electrons. The quantitative estimate of drug-likeness (QED) is 0.605. The molecule has 0 aliphatic carbocycles. The van der Waals surface area contributed by atoms with Crippen molar-refractivity contribution in [3.8, 4) is 0 Å². The Labute approximate surface area is 151 Å². The van der Waals surface area contributed by atoms with E-state index in [1.165, 1.54) is 25.2 Å². The lowest BCUT2D eigenvalue weighted by Crippen LogP contribution is -2.44. The van der Waals surface area contributed by atoms with Crippen molar-refractivity contribution in [1.29, 1.82) is 0 Å². The van der Waals surface area contributed by atoms with Crippen LogP contribution in [-0.4, -0.2) is 60.2 Å². The maximum atomic E-state index is 12.3. The second-order valence-electron chi connectivity index (χ2n) is 7.25. The highest BCUT2D eigenvalue weighted by molar-refractivity contribution is 6.21. The number of piperidine rings is 1. The first kappa shape index (κ1) is 18.1. The predicted octanol–water partition coefficient (Wildman–Crippen LogP) is 1.57. The van der Waals surface area contributed by atoms with E-state index in [0.29, 0.717) is 24.9 Å². The van der Waals surface area contributed by atoms with E-state index >= 15 is 0 Å². The standard InChI is InChI=1S/C19H22N2O5/c1-11-6-12(2)9-21(8-11)16(22)10-26-19(25)13-4-5-14-15(7-13)18(24)20(3)17(14)23/h4-5,7,11-12H,6,8-10H2,1-3H3. The van der Waals surface area contributed by atoms with Crippen LogP contribution in [-0.2, 0) is 9.53 Å². The van der Waals surface area contributed by atoms with Crippen LogP contribution in [0.15, 0.2) is 18.2 Å². The third-order valence-corrected chi connectivity index (χ3v) is 4.87. The van der Waals surface area contributed by atoms with E-state index in [4.69, 9.17) is 4.74 Å². The van der Waals surface area contributed by atoms with E-state index in [1.54, 1.807) is 4.90 Å². The topological polar surface area (TPSA) is 84.0 Å². The number of ether oxygens (including phenoxy) is 1. The van der Waals surface area contributed by atoms with Gasteiger partial charge in [0.25, 0.3) is 17.7 Å². The van der Waals surface area contributed by atoms with Crippen LogP contribution in [0.4, 0.5) is 0 Å². The molecule has 0 saturated carbocycles. The molecule has 0 bridgehead atoms. The Hall–Kier alpha value is -2.70. The molecule has 1 fully saturated rings. The Balaban J connectivity index is 1.63. The van der Waals surface area contributed by atoms with Crippen molar-refractivity contribution in [3.63, 3.8) is 0 Å². The summed E-state index contributed by atoms with van der Waals surface area (Å²) in [5.74, 6) is -0.898. The number of hydrogen-bond acceptors (Lipinski definition) is 5. The molecule has 2 aliphatic heterocycles. The van der Waals surface area contributed by atoms with E-state index in [2.05, 4.69) is 13.8 Å². The molecule has 2 aliphatic rings. The van der Waals surface area contributed by atoms with Crippen molar-refractivity contribution in [2.24, 2.45) is 11.8 Å². The fourth-order valence-electron chi connectivity index (χ4n) is 3.66. The molecule has 2 heterocycles. The Morgan fingerprint density at radius 3 is 2.35 bits per heavy atom. The van der Waals surface area contributed by atoms with E-state index in [1.807, 2.05) is 0 Å². The van der Waals surface area contributed by atoms with E-state index in [9.17, 15) is 19.2 Å². The second-order valence-corrected chi connectivity index (χ2v) is 7.25. The van der Waals surface area contributed by atoms with Crippen molar-refractivity contribution in [2.45, 2.75) is 20.3 Å². The van der Waals surface area contributed by atoms with Gasteiger partial charge < -0.3 is 9.64 Å². The number of benzene rings is 1. The highest BCUT2D eigenvalue weighted by Crippen LogP contribution is 2.23. The first-order valence-electron chi connectivity index (χ1n) is 8.69. The minimum absolute atomic E-state index is 0.147. The van der Waals surface area contributed by atoms with E-state index < -0.39 is 17.8 Å². The maximum Gasteiger partial charge on any atom is 0.338 e. The molecule has 1 aromatic carbocycles. The molecular formula is C19H22N2O5. The molecule has 26 heavy (non-hydrogen) atoms. The highest BCUT2D eigenvalue weighted by atomic mass is 16.5. The molecule has 3 amide bonds. The zero-order valence-corrected chi connectivity index (χ0v) is 15.2. The molecular weight excluding hydrogens is 336 g/mol. The molecule has 0 radical (unpaired) electrons. The number of amides is 3. The van der Waals surface area contributed by atoms with Crippen LogP contribution in [0.1, 0.15) is 51.3 Å². The summed E-state index contributed by atoms with van der Waals surface area (Å²) in [5.41, 5.74) is 0.590. The maximum absolute atomic E-state index is 12.3. The molecule has 0 N–H and O–H groups in total. The molecule has 3 rings (SSSR count). The molecule has 2 atom stereocenters. The number of rotatable bonds is 3. The Morgan fingerprint density at radius 2 is 1.69 bits per heavy atom. The molecule has 0 spiro atoms. The van der Waals surface area contributed by atoms with Gasteiger partial charge in [0.15, 0.2) is 6.61 Å². The number of carbonyl (C=O) groups excluding carboxylic acids is 4. The van der Waals surface area contributed by atoms with Crippen LogP contribution < -0.4 is 0 Å². The van der Waals surface area contributed by atoms with Gasteiger partial charge in [0, 0.05) is 20.1 Å². The van der Waals surface area contributed by atoms with Crippen molar-refractivity contribution in [3.05, 3.63) is 34.9 Å². The minimum atomic E-state index is -0.686. The fraction of sp³-hybridized carbons (Fsp3) is 0.474. The zero-order valence-electron chi connectivity index (χ0n) is 15.2. The number of carbonyl (C=O) groups is 4. The first-order chi connectivity index (χ1) is 12.3. The monoisotopic (exact) mass is 358 g/mol. The molecule has 2 unspecified atom stereocenters. The minimum Gasteiger partial charge on any atom is -0.452 e. The molecule has 1 saturated heterocycles. The molecule has 7 nitrogen and oxygen atoms in total. The van der Waals surface area contributed by atoms with Gasteiger partial charge in [0.05, 0.1) is 16.7 Å². The predicted molar refractivity (Wildman–Crippen MR) is 92.7 cm³/mol. The van der Waals surface area contributed by atoms with Gasteiger partial charge in [-0.15, -0.1) is 0 Å². The van der Waals surface area contributed by atoms with Gasteiger partial charge in [0.1, 0.15) is 0 Å². The van der Waals surface area contributed by atoms with Gasteiger partial charge in [-0.1, -0.05) is 13.8 Å². The smallest absolute Gasteiger partial charge is 0.338 e. The summed E-state index contributed by atoms with van der Waals surface area (Å²) < 4.78 is 5.12. The Bertz CT molecular complexity index is 778. The zero-order chi connectivity index (χ0) is 19.0. The second kappa shape index (κ2) is 6.90. The fourth-order valence-corrected chi connectivity index (χ4v) is 3.66. The lowest BCUT2D eigenvalue weighted by Gasteiger charge is -2.34. The van der Waals surface area contributed by atoms with Gasteiger partial charge >= 0.3 is 5.97 Å². The number of esters is 1. The Kier molecular flexibility index (Phi) is 4.80. The summed E-state index contributed by atoms with van der Waals surface area (Å²) >= 11 is 0. The summed E-state index contributed by atoms with van der Waals surface area (Å²) in [7, 11) is 1.39. The van der Waals surface area contributed by atoms with Crippen molar-refractivity contribution in [2.75, 3.05) is 26.7 Å². The van der Waals surface area contributed by atoms with Gasteiger partial charge in [0.2, 0.25) is 0 Å². The van der Waals surface area contributed by atoms with Crippen LogP contribution in [0.3, 0.4) is 0 Å². The third kappa shape index (κ3) is 3.34. The molecule has 0 aromatic heterocycles. The van der Waals surface area contributed by atoms with Gasteiger partial charge in [-0.25, -0.2) is 4.79 Å². The van der Waals surface area contributed by atoms with Crippen LogP contribution >= 0.6 is 0 Å². The van der Waals surface area contributed by atoms with Crippen LogP contribution in [0.2, 0.25) is 0 Å². The number of nitrogens with zero attached hydrogens (tertiary/aromatic N) is 2. The summed E-state index contributed by atoms with van der Waals surface area (Å²) in [6.07, 6.45) is 1.08. The van der Waals surface area contributed by atoms with Crippen molar-refractivity contribution >= 4 is 23.7 Å². The normalized spacial score (nSPS) is 22.4. The average molecular weight is 358 g/mol. The summed E-state index contributed by atoms with van der Waals surface area (Å²) in [6, 6.07) is 4.21. The van der Waals surface area contributed by atoms with E-state index in [-0.39, 0.29) is 29.2 Å². The van der Waals surface area contributed by atoms with Crippen molar-refractivity contribution in [1.82, 2.24) is 9.80 Å². The van der Waals surface area contributed by atoms with E-state index in [0.717, 1.165) is 11.3 Å². The lowest BCUT2D eigenvalue weighted by atomic mass is 9.92. The molecule has 7 heteroatoms. The molecule has 1 aromatic rings. The van der Waals surface area contributed by atoms with Crippen LogP contribution in [0, 0.1) is 11.8 Å². The average Bonchev–Trinajstić information content (AvgIpc) is 2.82. The largest absolute Gasteiger partial charge is 0.452 e. The van der Waals surface area contributed by atoms with Gasteiger partial charge in [-0.05, 0) is 36.5 Å². The summed E-state index contributed by atoms with van der Waals surface area (Å²) in [5, 5.41) is 0. The SMILES string of the molecule is CC1CC(C)CN(C(=O)COC(=O)c2ccc3c(c2)C(=O)N(C)C3=O)C1. The highest BCUT2D eigenvalue weighted by Gasteiger charge is 2.33. The Morgan fingerprint density at radius 1 is 1.08 bits per heavy atom. The van der Waals surface area contributed by atoms with Crippen LogP contribution in [0.5, 0.6) is 0 Å². The third-order valence-electron chi connectivity index (χ3n) is 4.87. The number of imide groups is 1. The van der Waals surface area contributed by atoms with Gasteiger partial charge in [-0.2, -0.15) is 0 Å². The first-order valence-corrected chi connectivity index (χ1v) is 8.69. The van der Waals surface area contributed by atoms with Crippen LogP contribution in [0.25, 0.3) is 0 Å². The lowest BCUT2D eigenvalue weighted by molar-refractivity contribution is -0.137. The number of fused-ring (bicyclic) bond motifs is 1. The number of hydrogen-bond donors (Lipinski definition) is 0. The van der Waals surface area contributed by atoms with Crippen molar-refractivity contribution < 1.29 is 23.9 Å². The number of likely N-dealkylation sites (tertiary alicyclic amines) is 1. The van der Waals surface area contributed by atoms with Gasteiger partial charge in [-0.3, -0.25) is 19.3 Å². The summed E-state index contributed by atoms with van der Waals surface area (Å²) in [4.78, 5) is 51.1.